The molecule has 0 spiro atoms. The molecule has 1 saturated carbocycles. The molecule has 4 nitrogen and oxygen atoms in total. The van der Waals surface area contributed by atoms with Crippen molar-refractivity contribution in [3.8, 4) is 0 Å². The summed E-state index contributed by atoms with van der Waals surface area (Å²) in [7, 11) is 2.18. The summed E-state index contributed by atoms with van der Waals surface area (Å²) in [5.74, 6) is 1.84. The van der Waals surface area contributed by atoms with Gasteiger partial charge in [-0.3, -0.25) is 5.10 Å². The van der Waals surface area contributed by atoms with Crippen LogP contribution in [0, 0.1) is 4.77 Å². The fourth-order valence-electron chi connectivity index (χ4n) is 2.09. The molecule has 5 heteroatoms. The van der Waals surface area contributed by atoms with E-state index in [1.807, 2.05) is 0 Å². The first-order chi connectivity index (χ1) is 8.59. The van der Waals surface area contributed by atoms with Gasteiger partial charge < -0.3 is 9.47 Å². The third-order valence-corrected chi connectivity index (χ3v) is 4.07. The molecule has 1 aromatic rings. The highest BCUT2D eigenvalue weighted by molar-refractivity contribution is 7.71. The molecule has 0 radical (unpaired) electrons. The first kappa shape index (κ1) is 13.7. The minimum Gasteiger partial charge on any atom is -0.304 e. The molecule has 1 N–H and O–H groups in total. The van der Waals surface area contributed by atoms with Gasteiger partial charge in [-0.1, -0.05) is 0 Å². The topological polar surface area (TPSA) is 36.9 Å². The van der Waals surface area contributed by atoms with Crippen LogP contribution in [-0.2, 0) is 6.54 Å². The Morgan fingerprint density at radius 3 is 2.78 bits per heavy atom. The molecule has 2 rings (SSSR count). The molecule has 1 aliphatic rings. The van der Waals surface area contributed by atoms with E-state index in [-0.39, 0.29) is 0 Å². The van der Waals surface area contributed by atoms with Crippen LogP contribution in [0.5, 0.6) is 0 Å². The van der Waals surface area contributed by atoms with E-state index in [0.717, 1.165) is 17.9 Å². The van der Waals surface area contributed by atoms with Gasteiger partial charge in [0.15, 0.2) is 4.77 Å². The van der Waals surface area contributed by atoms with E-state index < -0.39 is 0 Å². The van der Waals surface area contributed by atoms with Crippen molar-refractivity contribution in [3.63, 3.8) is 0 Å². The molecule has 0 unspecified atom stereocenters. The van der Waals surface area contributed by atoms with Crippen LogP contribution in [0.3, 0.4) is 0 Å². The van der Waals surface area contributed by atoms with Crippen molar-refractivity contribution in [2.75, 3.05) is 13.6 Å². The summed E-state index contributed by atoms with van der Waals surface area (Å²) in [6, 6.07) is 0.628. The number of hydrogen-bond acceptors (Lipinski definition) is 3. The lowest BCUT2D eigenvalue weighted by atomic mass is 10.2. The zero-order chi connectivity index (χ0) is 13.1. The summed E-state index contributed by atoms with van der Waals surface area (Å²) < 4.78 is 2.98. The van der Waals surface area contributed by atoms with Gasteiger partial charge in [-0.05, 0) is 65.3 Å². The number of nitrogens with one attached hydrogen (secondary N) is 1. The number of unbranched alkanes of at least 4 members (excludes halogenated alkanes) is 1. The molecule has 1 heterocycles. The Kier molecular flexibility index (Phi) is 4.56. The van der Waals surface area contributed by atoms with Crippen molar-refractivity contribution in [3.05, 3.63) is 10.6 Å². The molecule has 0 amide bonds. The Balaban J connectivity index is 1.80. The van der Waals surface area contributed by atoms with E-state index in [1.54, 1.807) is 0 Å². The molecule has 1 fully saturated rings. The van der Waals surface area contributed by atoms with E-state index >= 15 is 0 Å². The van der Waals surface area contributed by atoms with Gasteiger partial charge in [-0.2, -0.15) is 5.10 Å². The quantitative estimate of drug-likeness (QED) is 0.610. The van der Waals surface area contributed by atoms with Crippen molar-refractivity contribution >= 4 is 12.2 Å². The average Bonchev–Trinajstić information content (AvgIpc) is 3.10. The third kappa shape index (κ3) is 3.42. The Labute approximate surface area is 114 Å². The van der Waals surface area contributed by atoms with E-state index in [2.05, 4.69) is 40.6 Å². The second-order valence-electron chi connectivity index (χ2n) is 5.59. The number of aromatic amines is 1. The van der Waals surface area contributed by atoms with E-state index in [0.29, 0.717) is 12.0 Å². The smallest absolute Gasteiger partial charge is 0.195 e. The Hall–Kier alpha value is -0.680. The molecule has 0 bridgehead atoms. The second kappa shape index (κ2) is 5.97. The SMILES string of the molecule is CC(C)N(C)CCCCn1c(C2CC2)n[nH]c1=S. The Bertz CT molecular complexity index is 430. The van der Waals surface area contributed by atoms with E-state index in [9.17, 15) is 0 Å². The summed E-state index contributed by atoms with van der Waals surface area (Å²) in [5.41, 5.74) is 0. The van der Waals surface area contributed by atoms with Crippen LogP contribution < -0.4 is 0 Å². The highest BCUT2D eigenvalue weighted by Crippen LogP contribution is 2.38. The van der Waals surface area contributed by atoms with Gasteiger partial charge >= 0.3 is 0 Å². The standard InChI is InChI=1S/C13H24N4S/c1-10(2)16(3)8-4-5-9-17-12(11-6-7-11)14-15-13(17)18/h10-11H,4-9H2,1-3H3,(H,15,18). The van der Waals surface area contributed by atoms with Crippen LogP contribution in [0.2, 0.25) is 0 Å². The zero-order valence-electron chi connectivity index (χ0n) is 11.6. The lowest BCUT2D eigenvalue weighted by Gasteiger charge is -2.20. The summed E-state index contributed by atoms with van der Waals surface area (Å²) in [5, 5.41) is 7.29. The molecular weight excluding hydrogens is 244 g/mol. The maximum absolute atomic E-state index is 5.30. The van der Waals surface area contributed by atoms with E-state index in [1.165, 1.54) is 31.5 Å². The first-order valence-corrected chi connectivity index (χ1v) is 7.35. The number of H-pyrrole nitrogens is 1. The van der Waals surface area contributed by atoms with Crippen LogP contribution in [0.1, 0.15) is 51.3 Å². The summed E-state index contributed by atoms with van der Waals surface area (Å²) >= 11 is 5.30. The van der Waals surface area contributed by atoms with Gasteiger partial charge in [0, 0.05) is 18.5 Å². The van der Waals surface area contributed by atoms with Gasteiger partial charge in [-0.15, -0.1) is 0 Å². The van der Waals surface area contributed by atoms with Gasteiger partial charge in [0.1, 0.15) is 5.82 Å². The molecule has 0 atom stereocenters. The minimum atomic E-state index is 0.628. The fourth-order valence-corrected chi connectivity index (χ4v) is 2.32. The molecule has 102 valence electrons. The number of hydrogen-bond donors (Lipinski definition) is 1. The van der Waals surface area contributed by atoms with Crippen LogP contribution in [0.15, 0.2) is 0 Å². The Morgan fingerprint density at radius 1 is 1.44 bits per heavy atom. The maximum atomic E-state index is 5.30. The maximum Gasteiger partial charge on any atom is 0.195 e. The lowest BCUT2D eigenvalue weighted by molar-refractivity contribution is 0.266. The van der Waals surface area contributed by atoms with Gasteiger partial charge in [0.25, 0.3) is 0 Å². The predicted molar refractivity (Wildman–Crippen MR) is 76.4 cm³/mol. The predicted octanol–water partition coefficient (Wildman–Crippen LogP) is 2.94. The normalized spacial score (nSPS) is 15.8. The van der Waals surface area contributed by atoms with Gasteiger partial charge in [0.2, 0.25) is 0 Å². The van der Waals surface area contributed by atoms with Crippen LogP contribution in [-0.4, -0.2) is 39.3 Å². The fraction of sp³-hybridized carbons (Fsp3) is 0.846. The van der Waals surface area contributed by atoms with Crippen molar-refractivity contribution in [1.82, 2.24) is 19.7 Å². The largest absolute Gasteiger partial charge is 0.304 e. The van der Waals surface area contributed by atoms with Crippen LogP contribution in [0.25, 0.3) is 0 Å². The summed E-state index contributed by atoms with van der Waals surface area (Å²) in [6.45, 7) is 6.63. The molecule has 0 saturated heterocycles. The number of nitrogens with zero attached hydrogens (tertiary/aromatic N) is 3. The average molecular weight is 268 g/mol. The summed E-state index contributed by atoms with van der Waals surface area (Å²) in [6.07, 6.45) is 4.93. The minimum absolute atomic E-state index is 0.628. The zero-order valence-corrected chi connectivity index (χ0v) is 12.5. The third-order valence-electron chi connectivity index (χ3n) is 3.75. The highest BCUT2D eigenvalue weighted by atomic mass is 32.1. The van der Waals surface area contributed by atoms with Gasteiger partial charge in [-0.25, -0.2) is 0 Å². The number of rotatable bonds is 7. The second-order valence-corrected chi connectivity index (χ2v) is 5.98. The van der Waals surface area contributed by atoms with E-state index in [4.69, 9.17) is 12.2 Å². The number of aromatic nitrogens is 3. The molecule has 0 aliphatic heterocycles. The molecule has 0 aromatic carbocycles. The van der Waals surface area contributed by atoms with Crippen molar-refractivity contribution in [1.29, 1.82) is 0 Å². The lowest BCUT2D eigenvalue weighted by Crippen LogP contribution is -2.27. The van der Waals surface area contributed by atoms with Crippen LogP contribution >= 0.6 is 12.2 Å². The Morgan fingerprint density at radius 2 is 2.17 bits per heavy atom. The molecule has 1 aliphatic carbocycles. The first-order valence-electron chi connectivity index (χ1n) is 6.95. The van der Waals surface area contributed by atoms with Gasteiger partial charge in [0.05, 0.1) is 0 Å². The van der Waals surface area contributed by atoms with Crippen molar-refractivity contribution in [2.45, 2.75) is 58.0 Å². The highest BCUT2D eigenvalue weighted by Gasteiger charge is 2.28. The monoisotopic (exact) mass is 268 g/mol. The van der Waals surface area contributed by atoms with Crippen molar-refractivity contribution in [2.24, 2.45) is 0 Å². The molecular formula is C13H24N4S. The van der Waals surface area contributed by atoms with Crippen LogP contribution in [0.4, 0.5) is 0 Å². The molecule has 1 aromatic heterocycles. The summed E-state index contributed by atoms with van der Waals surface area (Å²) in [4.78, 5) is 2.39. The van der Waals surface area contributed by atoms with Crippen molar-refractivity contribution < 1.29 is 0 Å². The molecule has 18 heavy (non-hydrogen) atoms.